The van der Waals surface area contributed by atoms with E-state index in [0.29, 0.717) is 26.4 Å². The molecule has 2 atom stereocenters. The van der Waals surface area contributed by atoms with Gasteiger partial charge in [0, 0.05) is 24.9 Å². The van der Waals surface area contributed by atoms with Gasteiger partial charge < -0.3 is 25.1 Å². The average Bonchev–Trinajstić information content (AvgIpc) is 2.65. The highest BCUT2D eigenvalue weighted by Gasteiger charge is 2.55. The molecule has 1 saturated carbocycles. The molecular weight excluding hydrogens is 320 g/mol. The van der Waals surface area contributed by atoms with Crippen LogP contribution in [0, 0.1) is 5.41 Å². The molecule has 0 bridgehead atoms. The van der Waals surface area contributed by atoms with Crippen LogP contribution < -0.4 is 15.2 Å². The van der Waals surface area contributed by atoms with Crippen molar-refractivity contribution in [3.05, 3.63) is 23.8 Å². The van der Waals surface area contributed by atoms with E-state index in [1.165, 1.54) is 5.56 Å². The predicted molar refractivity (Wildman–Crippen MR) is 93.8 cm³/mol. The van der Waals surface area contributed by atoms with Crippen molar-refractivity contribution in [2.75, 3.05) is 39.5 Å². The smallest absolute Gasteiger partial charge is 0.161 e. The number of rotatable bonds is 5. The van der Waals surface area contributed by atoms with Gasteiger partial charge in [-0.15, -0.1) is 0 Å². The first-order valence-corrected chi connectivity index (χ1v) is 9.32. The van der Waals surface area contributed by atoms with Gasteiger partial charge in [-0.1, -0.05) is 6.07 Å². The lowest BCUT2D eigenvalue weighted by Crippen LogP contribution is -2.62. The molecule has 25 heavy (non-hydrogen) atoms. The summed E-state index contributed by atoms with van der Waals surface area (Å²) in [5.41, 5.74) is 6.73. The molecule has 1 saturated heterocycles. The minimum absolute atomic E-state index is 0.0571. The third-order valence-electron chi connectivity index (χ3n) is 5.98. The van der Waals surface area contributed by atoms with Crippen LogP contribution >= 0.6 is 0 Å². The summed E-state index contributed by atoms with van der Waals surface area (Å²) in [5, 5.41) is 10.3. The van der Waals surface area contributed by atoms with E-state index in [1.54, 1.807) is 0 Å². The fourth-order valence-electron chi connectivity index (χ4n) is 4.40. The number of fused-ring (bicyclic) bond motifs is 1. The molecule has 0 unspecified atom stereocenters. The molecule has 3 N–H and O–H groups in total. The molecule has 2 aliphatic heterocycles. The second-order valence-electron chi connectivity index (χ2n) is 7.39. The summed E-state index contributed by atoms with van der Waals surface area (Å²) in [5.74, 6) is 1.69. The van der Waals surface area contributed by atoms with Crippen LogP contribution in [0.5, 0.6) is 11.5 Å². The standard InChI is InChI=1S/C19H28N2O4/c20-5-8-25-18-12-17(22)19(18)3-6-21(7-4-19)13-14-1-2-15-16(11-14)24-10-9-23-15/h1-2,11,17-18,22H,3-10,12-13,20H2/t17-,18+/m0/s1. The van der Waals surface area contributed by atoms with Crippen LogP contribution in [0.4, 0.5) is 0 Å². The highest BCUT2D eigenvalue weighted by atomic mass is 16.6. The van der Waals surface area contributed by atoms with Gasteiger partial charge in [-0.2, -0.15) is 0 Å². The molecule has 1 aromatic rings. The van der Waals surface area contributed by atoms with Crippen LogP contribution in [0.25, 0.3) is 0 Å². The Morgan fingerprint density at radius 1 is 1.20 bits per heavy atom. The Balaban J connectivity index is 1.34. The van der Waals surface area contributed by atoms with Crippen molar-refractivity contribution < 1.29 is 19.3 Å². The topological polar surface area (TPSA) is 77.2 Å². The molecule has 6 heteroatoms. The van der Waals surface area contributed by atoms with Crippen LogP contribution in [0.1, 0.15) is 24.8 Å². The number of hydrogen-bond acceptors (Lipinski definition) is 6. The SMILES string of the molecule is NCCO[C@@H]1C[C@H](O)C12CCN(Cc1ccc3c(c1)OCCO3)CC2. The molecule has 0 aromatic heterocycles. The number of aliphatic hydroxyl groups excluding tert-OH is 1. The van der Waals surface area contributed by atoms with Crippen molar-refractivity contribution in [2.24, 2.45) is 11.1 Å². The van der Waals surface area contributed by atoms with Crippen molar-refractivity contribution in [1.82, 2.24) is 4.90 Å². The average molecular weight is 348 g/mol. The quantitative estimate of drug-likeness (QED) is 0.831. The van der Waals surface area contributed by atoms with Crippen molar-refractivity contribution in [3.63, 3.8) is 0 Å². The van der Waals surface area contributed by atoms with Crippen LogP contribution in [0.15, 0.2) is 18.2 Å². The fraction of sp³-hybridized carbons (Fsp3) is 0.684. The summed E-state index contributed by atoms with van der Waals surface area (Å²) >= 11 is 0. The largest absolute Gasteiger partial charge is 0.486 e. The maximum Gasteiger partial charge on any atom is 0.161 e. The monoisotopic (exact) mass is 348 g/mol. The fourth-order valence-corrected chi connectivity index (χ4v) is 4.40. The maximum atomic E-state index is 10.3. The van der Waals surface area contributed by atoms with Crippen LogP contribution in [-0.2, 0) is 11.3 Å². The Hall–Kier alpha value is -1.34. The number of hydrogen-bond donors (Lipinski definition) is 2. The van der Waals surface area contributed by atoms with E-state index >= 15 is 0 Å². The Kier molecular flexibility index (Phi) is 4.86. The first-order valence-electron chi connectivity index (χ1n) is 9.32. The zero-order valence-corrected chi connectivity index (χ0v) is 14.7. The Bertz CT molecular complexity index is 601. The Morgan fingerprint density at radius 2 is 1.96 bits per heavy atom. The molecule has 1 aromatic carbocycles. The number of nitrogens with two attached hydrogens (primary N) is 1. The predicted octanol–water partition coefficient (Wildman–Crippen LogP) is 1.15. The number of piperidine rings is 1. The molecule has 2 fully saturated rings. The lowest BCUT2D eigenvalue weighted by Gasteiger charge is -2.56. The molecule has 1 spiro atoms. The summed E-state index contributed by atoms with van der Waals surface area (Å²) in [6, 6.07) is 6.20. The zero-order valence-electron chi connectivity index (χ0n) is 14.7. The Morgan fingerprint density at radius 3 is 2.68 bits per heavy atom. The molecule has 2 heterocycles. The number of ether oxygens (including phenoxy) is 3. The molecule has 1 aliphatic carbocycles. The van der Waals surface area contributed by atoms with E-state index in [-0.39, 0.29) is 17.6 Å². The number of nitrogens with zero attached hydrogens (tertiary/aromatic N) is 1. The van der Waals surface area contributed by atoms with E-state index in [9.17, 15) is 5.11 Å². The summed E-state index contributed by atoms with van der Waals surface area (Å²) in [6.45, 7) is 5.22. The van der Waals surface area contributed by atoms with Crippen LogP contribution in [0.3, 0.4) is 0 Å². The molecular formula is C19H28N2O4. The van der Waals surface area contributed by atoms with Gasteiger partial charge in [0.25, 0.3) is 0 Å². The number of benzene rings is 1. The molecule has 0 radical (unpaired) electrons. The first kappa shape index (κ1) is 17.1. The molecule has 0 amide bonds. The van der Waals surface area contributed by atoms with E-state index in [4.69, 9.17) is 19.9 Å². The van der Waals surface area contributed by atoms with Gasteiger partial charge in [0.15, 0.2) is 11.5 Å². The third-order valence-corrected chi connectivity index (χ3v) is 5.98. The van der Waals surface area contributed by atoms with Gasteiger partial charge >= 0.3 is 0 Å². The van der Waals surface area contributed by atoms with Crippen molar-refractivity contribution in [3.8, 4) is 11.5 Å². The van der Waals surface area contributed by atoms with Crippen LogP contribution in [-0.4, -0.2) is 61.7 Å². The second-order valence-corrected chi connectivity index (χ2v) is 7.39. The van der Waals surface area contributed by atoms with Gasteiger partial charge in [0.2, 0.25) is 0 Å². The molecule has 138 valence electrons. The summed E-state index contributed by atoms with van der Waals surface area (Å²) < 4.78 is 17.1. The van der Waals surface area contributed by atoms with Crippen molar-refractivity contribution >= 4 is 0 Å². The van der Waals surface area contributed by atoms with Crippen molar-refractivity contribution in [2.45, 2.75) is 38.0 Å². The van der Waals surface area contributed by atoms with E-state index in [0.717, 1.165) is 50.4 Å². The van der Waals surface area contributed by atoms with Gasteiger partial charge in [0.05, 0.1) is 18.8 Å². The van der Waals surface area contributed by atoms with Gasteiger partial charge in [-0.3, -0.25) is 4.90 Å². The number of likely N-dealkylation sites (tertiary alicyclic amines) is 1. The summed E-state index contributed by atoms with van der Waals surface area (Å²) in [6.07, 6.45) is 2.65. The maximum absolute atomic E-state index is 10.3. The normalized spacial score (nSPS) is 27.9. The number of aliphatic hydroxyl groups is 1. The summed E-state index contributed by atoms with van der Waals surface area (Å²) in [4.78, 5) is 2.45. The molecule has 3 aliphatic rings. The first-order chi connectivity index (χ1) is 12.2. The van der Waals surface area contributed by atoms with Gasteiger partial charge in [-0.25, -0.2) is 0 Å². The minimum atomic E-state index is -0.230. The molecule has 6 nitrogen and oxygen atoms in total. The highest BCUT2D eigenvalue weighted by Crippen LogP contribution is 2.51. The van der Waals surface area contributed by atoms with Crippen molar-refractivity contribution in [1.29, 1.82) is 0 Å². The third kappa shape index (κ3) is 3.24. The van der Waals surface area contributed by atoms with E-state index in [1.807, 2.05) is 6.07 Å². The minimum Gasteiger partial charge on any atom is -0.486 e. The zero-order chi connectivity index (χ0) is 17.3. The summed E-state index contributed by atoms with van der Waals surface area (Å²) in [7, 11) is 0. The van der Waals surface area contributed by atoms with E-state index in [2.05, 4.69) is 17.0 Å². The molecule has 4 rings (SSSR count). The lowest BCUT2D eigenvalue weighted by atomic mass is 9.58. The lowest BCUT2D eigenvalue weighted by molar-refractivity contribution is -0.210. The second kappa shape index (κ2) is 7.11. The Labute approximate surface area is 148 Å². The van der Waals surface area contributed by atoms with Gasteiger partial charge in [-0.05, 0) is 43.6 Å². The van der Waals surface area contributed by atoms with Crippen LogP contribution in [0.2, 0.25) is 0 Å². The van der Waals surface area contributed by atoms with Gasteiger partial charge in [0.1, 0.15) is 13.2 Å². The van der Waals surface area contributed by atoms with E-state index < -0.39 is 0 Å². The highest BCUT2D eigenvalue weighted by molar-refractivity contribution is 5.43.